The summed E-state index contributed by atoms with van der Waals surface area (Å²) >= 11 is 0. The second-order valence-corrected chi connectivity index (χ2v) is 8.87. The smallest absolute Gasteiger partial charge is 0.339 e. The summed E-state index contributed by atoms with van der Waals surface area (Å²) in [5.74, 6) is -0.487. The fraction of sp³-hybridized carbons (Fsp3) is 0.381. The molecule has 0 atom stereocenters. The van der Waals surface area contributed by atoms with Crippen molar-refractivity contribution in [2.75, 3.05) is 6.61 Å². The molecule has 2 heterocycles. The highest BCUT2D eigenvalue weighted by Gasteiger charge is 2.36. The Kier molecular flexibility index (Phi) is 5.93. The molecule has 1 saturated carbocycles. The monoisotopic (exact) mass is 404 g/mol. The summed E-state index contributed by atoms with van der Waals surface area (Å²) in [4.78, 5) is 11.7. The molecule has 1 aromatic carbocycles. The van der Waals surface area contributed by atoms with E-state index in [1.165, 1.54) is 37.5 Å². The number of ether oxygens (including phenoxy) is 1. The van der Waals surface area contributed by atoms with E-state index >= 15 is 0 Å². The third kappa shape index (κ3) is 3.99. The number of hydrogen-bond donors (Lipinski definition) is 2. The van der Waals surface area contributed by atoms with Crippen LogP contribution in [0.15, 0.2) is 51.8 Å². The first-order valence-electron chi connectivity index (χ1n) is 9.42. The molecule has 3 aliphatic rings. The minimum absolute atomic E-state index is 0.147. The molecule has 0 spiro atoms. The van der Waals surface area contributed by atoms with E-state index in [0.29, 0.717) is 28.1 Å². The number of aromatic hydroxyl groups is 1. The predicted molar refractivity (Wildman–Crippen MR) is 106 cm³/mol. The van der Waals surface area contributed by atoms with Crippen LogP contribution in [0.4, 0.5) is 0 Å². The Balaban J connectivity index is 0.000000163. The number of fused-ring (bicyclic) bond motifs is 2. The van der Waals surface area contributed by atoms with Gasteiger partial charge in [0.15, 0.2) is 0 Å². The minimum atomic E-state index is -3.06. The van der Waals surface area contributed by atoms with Crippen LogP contribution in [0.2, 0.25) is 0 Å². The highest BCUT2D eigenvalue weighted by atomic mass is 32.2. The van der Waals surface area contributed by atoms with Gasteiger partial charge in [-0.25, -0.2) is 13.2 Å². The number of allylic oxidation sites excluding steroid dienone is 4. The maximum atomic E-state index is 11.8. The van der Waals surface area contributed by atoms with Crippen LogP contribution in [0.5, 0.6) is 11.5 Å². The van der Waals surface area contributed by atoms with E-state index in [9.17, 15) is 13.2 Å². The first kappa shape index (κ1) is 20.2. The van der Waals surface area contributed by atoms with Gasteiger partial charge in [-0.3, -0.25) is 0 Å². The first-order chi connectivity index (χ1) is 13.3. The Bertz CT molecular complexity index is 963. The maximum Gasteiger partial charge on any atom is 0.339 e. The lowest BCUT2D eigenvalue weighted by Crippen LogP contribution is -2.09. The predicted octanol–water partition coefficient (Wildman–Crippen LogP) is 4.19. The number of carbonyl (C=O) groups is 1. The maximum absolute atomic E-state index is 11.8. The van der Waals surface area contributed by atoms with Crippen molar-refractivity contribution in [3.05, 3.63) is 57.4 Å². The van der Waals surface area contributed by atoms with E-state index in [-0.39, 0.29) is 11.3 Å². The van der Waals surface area contributed by atoms with Gasteiger partial charge in [-0.2, -0.15) is 0 Å². The lowest BCUT2D eigenvalue weighted by molar-refractivity contribution is 0.0693. The number of carboxylic acids is 1. The molecule has 2 bridgehead atoms. The van der Waals surface area contributed by atoms with Crippen molar-refractivity contribution in [3.63, 3.8) is 0 Å². The van der Waals surface area contributed by atoms with Crippen LogP contribution in [-0.2, 0) is 9.84 Å². The topological polar surface area (TPSA) is 101 Å². The van der Waals surface area contributed by atoms with E-state index in [0.717, 1.165) is 18.4 Å². The van der Waals surface area contributed by atoms with E-state index in [1.807, 2.05) is 6.08 Å². The molecule has 1 fully saturated rings. The molecule has 28 heavy (non-hydrogen) atoms. The Morgan fingerprint density at radius 3 is 2.43 bits per heavy atom. The molecular formula is C21H24O6S. The Morgan fingerprint density at radius 2 is 1.89 bits per heavy atom. The third-order valence-corrected chi connectivity index (χ3v) is 6.96. The van der Waals surface area contributed by atoms with Crippen molar-refractivity contribution in [3.8, 4) is 11.5 Å². The van der Waals surface area contributed by atoms with Gasteiger partial charge in [-0.05, 0) is 67.7 Å². The number of rotatable bonds is 4. The quantitative estimate of drug-likeness (QED) is 0.780. The van der Waals surface area contributed by atoms with Gasteiger partial charge in [0, 0.05) is 0 Å². The van der Waals surface area contributed by atoms with Gasteiger partial charge >= 0.3 is 5.97 Å². The molecule has 1 aromatic rings. The minimum Gasteiger partial charge on any atom is -0.507 e. The van der Waals surface area contributed by atoms with Crippen LogP contribution in [-0.4, -0.2) is 31.2 Å². The van der Waals surface area contributed by atoms with Crippen molar-refractivity contribution in [1.29, 1.82) is 0 Å². The van der Waals surface area contributed by atoms with E-state index in [1.54, 1.807) is 19.1 Å². The average Bonchev–Trinajstić information content (AvgIpc) is 3.11. The molecule has 150 valence electrons. The van der Waals surface area contributed by atoms with Crippen molar-refractivity contribution in [1.82, 2.24) is 0 Å². The van der Waals surface area contributed by atoms with Crippen LogP contribution >= 0.6 is 0 Å². The number of phenols is 1. The summed E-state index contributed by atoms with van der Waals surface area (Å²) in [6.45, 7) is 2.26. The van der Waals surface area contributed by atoms with Crippen LogP contribution in [0.3, 0.4) is 0 Å². The van der Waals surface area contributed by atoms with Gasteiger partial charge < -0.3 is 14.9 Å². The Hall–Kier alpha value is -2.54. The molecule has 7 heteroatoms. The molecule has 1 aliphatic carbocycles. The standard InChI is InChI=1S/C12H14O2S.C9H10O4/c13-15(14)10-6-7-12(15)11(8-10)9-4-2-1-3-5-9;1-2-13-6-3-4-8(10)7(5-6)9(11)12/h6-9H,1-5H2;3-5,10H,2H2,1H3,(H,11,12). The highest BCUT2D eigenvalue weighted by Crippen LogP contribution is 2.43. The molecule has 6 nitrogen and oxygen atoms in total. The fourth-order valence-corrected chi connectivity index (χ4v) is 5.31. The Morgan fingerprint density at radius 1 is 1.18 bits per heavy atom. The van der Waals surface area contributed by atoms with Crippen LogP contribution in [0.25, 0.3) is 0 Å². The number of benzene rings is 1. The van der Waals surface area contributed by atoms with Crippen molar-refractivity contribution in [2.24, 2.45) is 5.92 Å². The molecule has 0 saturated heterocycles. The lowest BCUT2D eigenvalue weighted by atomic mass is 9.83. The van der Waals surface area contributed by atoms with Gasteiger partial charge in [-0.1, -0.05) is 19.3 Å². The van der Waals surface area contributed by atoms with Crippen molar-refractivity contribution in [2.45, 2.75) is 39.0 Å². The van der Waals surface area contributed by atoms with Gasteiger partial charge in [0.1, 0.15) is 17.1 Å². The van der Waals surface area contributed by atoms with Crippen LogP contribution in [0.1, 0.15) is 49.4 Å². The number of hydrogen-bond acceptors (Lipinski definition) is 5. The summed E-state index contributed by atoms with van der Waals surface area (Å²) in [5, 5.41) is 17.8. The number of sulfone groups is 1. The second kappa shape index (κ2) is 8.22. The Labute approximate surface area is 164 Å². The zero-order valence-electron chi connectivity index (χ0n) is 15.7. The van der Waals surface area contributed by atoms with E-state index in [2.05, 4.69) is 0 Å². The third-order valence-electron chi connectivity index (χ3n) is 5.14. The fourth-order valence-electron chi connectivity index (χ4n) is 3.74. The normalized spacial score (nSPS) is 19.8. The van der Waals surface area contributed by atoms with E-state index < -0.39 is 15.8 Å². The molecule has 0 unspecified atom stereocenters. The summed E-state index contributed by atoms with van der Waals surface area (Å²) in [7, 11) is -3.06. The highest BCUT2D eigenvalue weighted by molar-refractivity contribution is 8.00. The lowest BCUT2D eigenvalue weighted by Gasteiger charge is -2.22. The van der Waals surface area contributed by atoms with Crippen molar-refractivity contribution < 1.29 is 28.2 Å². The van der Waals surface area contributed by atoms with Crippen molar-refractivity contribution >= 4 is 15.8 Å². The summed E-state index contributed by atoms with van der Waals surface area (Å²) in [6.07, 6.45) is 11.5. The number of aromatic carboxylic acids is 1. The summed E-state index contributed by atoms with van der Waals surface area (Å²) in [5.41, 5.74) is 0.943. The van der Waals surface area contributed by atoms with Crippen LogP contribution in [0, 0.1) is 5.92 Å². The van der Waals surface area contributed by atoms with Gasteiger partial charge in [0.05, 0.1) is 16.4 Å². The summed E-state index contributed by atoms with van der Waals surface area (Å²) < 4.78 is 28.7. The zero-order valence-corrected chi connectivity index (χ0v) is 16.5. The molecule has 4 rings (SSSR count). The van der Waals surface area contributed by atoms with Gasteiger partial charge in [0.25, 0.3) is 0 Å². The molecule has 0 radical (unpaired) electrons. The molecular weight excluding hydrogens is 380 g/mol. The zero-order chi connectivity index (χ0) is 20.3. The molecule has 2 N–H and O–H groups in total. The van der Waals surface area contributed by atoms with Crippen LogP contribution < -0.4 is 4.74 Å². The molecule has 2 aliphatic heterocycles. The largest absolute Gasteiger partial charge is 0.507 e. The number of carboxylic acid groups (broad SMARTS) is 1. The van der Waals surface area contributed by atoms with Gasteiger partial charge in [-0.15, -0.1) is 0 Å². The average molecular weight is 404 g/mol. The second-order valence-electron chi connectivity index (χ2n) is 6.96. The molecule has 0 amide bonds. The van der Waals surface area contributed by atoms with Gasteiger partial charge in [0.2, 0.25) is 9.84 Å². The summed E-state index contributed by atoms with van der Waals surface area (Å²) in [6, 6.07) is 4.11. The first-order valence-corrected chi connectivity index (χ1v) is 10.9. The molecule has 0 aromatic heterocycles. The van der Waals surface area contributed by atoms with E-state index in [4.69, 9.17) is 14.9 Å². The SMILES string of the molecule is CCOc1ccc(O)c(C(=O)O)c1.O=S1(=O)C2=CC(C3CCCCC3)=C1C=C2.